The van der Waals surface area contributed by atoms with Gasteiger partial charge in [0, 0.05) is 17.5 Å². The minimum absolute atomic E-state index is 0.109. The number of amides is 2. The Morgan fingerprint density at radius 3 is 2.50 bits per heavy atom. The molecule has 4 rings (SSSR count). The van der Waals surface area contributed by atoms with E-state index in [0.717, 1.165) is 15.8 Å². The van der Waals surface area contributed by atoms with Gasteiger partial charge in [-0.3, -0.25) is 24.1 Å². The Bertz CT molecular complexity index is 1210. The molecule has 0 N–H and O–H groups in total. The monoisotopic (exact) mass is 405 g/mol. The number of aryl methyl sites for hydroxylation is 2. The highest BCUT2D eigenvalue weighted by Gasteiger charge is 2.35. The van der Waals surface area contributed by atoms with Crippen LogP contribution in [0, 0.1) is 13.8 Å². The lowest BCUT2D eigenvalue weighted by Gasteiger charge is -2.13. The summed E-state index contributed by atoms with van der Waals surface area (Å²) in [6, 6.07) is 12.3. The van der Waals surface area contributed by atoms with Crippen molar-refractivity contribution in [2.45, 2.75) is 20.3 Å². The SMILES string of the molecule is Cc1ccc2c(c1)C(=O)N(CCC(=O)OCC(=O)c1oc3ccccc3c1C)C2=O. The summed E-state index contributed by atoms with van der Waals surface area (Å²) in [5, 5.41) is 0.827. The Balaban J connectivity index is 1.34. The lowest BCUT2D eigenvalue weighted by atomic mass is 10.1. The molecule has 1 aromatic heterocycles. The van der Waals surface area contributed by atoms with Gasteiger partial charge in [-0.1, -0.05) is 29.8 Å². The fourth-order valence-corrected chi connectivity index (χ4v) is 3.53. The largest absolute Gasteiger partial charge is 0.457 e. The van der Waals surface area contributed by atoms with Gasteiger partial charge in [-0.2, -0.15) is 0 Å². The van der Waals surface area contributed by atoms with Crippen LogP contribution in [0.15, 0.2) is 46.9 Å². The third-order valence-electron chi connectivity index (χ3n) is 5.13. The first-order valence-electron chi connectivity index (χ1n) is 9.50. The number of Topliss-reactive ketones (excluding diaryl/α,β-unsaturated/α-hetero) is 1. The summed E-state index contributed by atoms with van der Waals surface area (Å²) in [5.74, 6) is -1.84. The smallest absolute Gasteiger partial charge is 0.308 e. The van der Waals surface area contributed by atoms with Crippen LogP contribution in [0.4, 0.5) is 0 Å². The molecule has 2 amide bonds. The molecule has 0 aliphatic carbocycles. The molecule has 0 atom stereocenters. The second-order valence-electron chi connectivity index (χ2n) is 7.20. The van der Waals surface area contributed by atoms with E-state index < -0.39 is 30.2 Å². The first-order valence-corrected chi connectivity index (χ1v) is 9.50. The zero-order chi connectivity index (χ0) is 21.4. The van der Waals surface area contributed by atoms with E-state index >= 15 is 0 Å². The van der Waals surface area contributed by atoms with Crippen LogP contribution in [-0.2, 0) is 9.53 Å². The van der Waals surface area contributed by atoms with Crippen LogP contribution in [0.3, 0.4) is 0 Å². The average molecular weight is 405 g/mol. The van der Waals surface area contributed by atoms with E-state index in [4.69, 9.17) is 9.15 Å². The Kier molecular flexibility index (Phi) is 4.95. The first-order chi connectivity index (χ1) is 14.4. The van der Waals surface area contributed by atoms with Crippen LogP contribution >= 0.6 is 0 Å². The van der Waals surface area contributed by atoms with Crippen LogP contribution < -0.4 is 0 Å². The van der Waals surface area contributed by atoms with Gasteiger partial charge in [0.25, 0.3) is 11.8 Å². The van der Waals surface area contributed by atoms with Crippen molar-refractivity contribution in [1.82, 2.24) is 4.90 Å². The molecule has 2 heterocycles. The number of imide groups is 1. The van der Waals surface area contributed by atoms with E-state index in [0.29, 0.717) is 22.3 Å². The topological polar surface area (TPSA) is 93.9 Å². The van der Waals surface area contributed by atoms with Crippen LogP contribution in [0.25, 0.3) is 11.0 Å². The van der Waals surface area contributed by atoms with Crippen LogP contribution in [0.5, 0.6) is 0 Å². The van der Waals surface area contributed by atoms with E-state index in [1.54, 1.807) is 37.3 Å². The molecule has 2 aromatic carbocycles. The predicted molar refractivity (Wildman–Crippen MR) is 107 cm³/mol. The first kappa shape index (κ1) is 19.6. The standard InChI is InChI=1S/C23H19NO6/c1-13-7-8-16-17(11-13)23(28)24(22(16)27)10-9-20(26)29-12-18(25)21-14(2)15-5-3-4-6-19(15)30-21/h3-8,11H,9-10,12H2,1-2H3. The number of benzene rings is 2. The van der Waals surface area contributed by atoms with Gasteiger partial charge in [-0.05, 0) is 32.0 Å². The number of furan rings is 1. The number of ether oxygens (including phenoxy) is 1. The van der Waals surface area contributed by atoms with Crippen LogP contribution in [-0.4, -0.2) is 41.6 Å². The number of carbonyl (C=O) groups excluding carboxylic acids is 4. The van der Waals surface area contributed by atoms with Gasteiger partial charge in [-0.15, -0.1) is 0 Å². The van der Waals surface area contributed by atoms with E-state index in [9.17, 15) is 19.2 Å². The second-order valence-corrected chi connectivity index (χ2v) is 7.20. The molecule has 0 fully saturated rings. The van der Waals surface area contributed by atoms with Gasteiger partial charge in [0.05, 0.1) is 17.5 Å². The summed E-state index contributed by atoms with van der Waals surface area (Å²) in [4.78, 5) is 50.3. The Hall–Kier alpha value is -3.74. The Morgan fingerprint density at radius 2 is 1.73 bits per heavy atom. The number of esters is 1. The van der Waals surface area contributed by atoms with E-state index in [1.165, 1.54) is 0 Å². The fraction of sp³-hybridized carbons (Fsp3) is 0.217. The van der Waals surface area contributed by atoms with Crippen molar-refractivity contribution in [3.05, 3.63) is 70.5 Å². The zero-order valence-electron chi connectivity index (χ0n) is 16.6. The molecule has 7 heteroatoms. The molecule has 0 unspecified atom stereocenters. The number of ketones is 1. The minimum atomic E-state index is -0.676. The van der Waals surface area contributed by atoms with Gasteiger partial charge in [0.15, 0.2) is 12.4 Å². The maximum Gasteiger partial charge on any atom is 0.308 e. The summed E-state index contributed by atoms with van der Waals surface area (Å²) >= 11 is 0. The third-order valence-corrected chi connectivity index (χ3v) is 5.13. The van der Waals surface area contributed by atoms with Gasteiger partial charge in [-0.25, -0.2) is 0 Å². The molecule has 0 spiro atoms. The van der Waals surface area contributed by atoms with Crippen molar-refractivity contribution in [3.8, 4) is 0 Å². The number of hydrogen-bond donors (Lipinski definition) is 0. The molecule has 0 saturated heterocycles. The Morgan fingerprint density at radius 1 is 1.00 bits per heavy atom. The molecule has 0 bridgehead atoms. The summed E-state index contributed by atoms with van der Waals surface area (Å²) < 4.78 is 10.6. The fourth-order valence-electron chi connectivity index (χ4n) is 3.53. The Labute approximate surface area is 172 Å². The predicted octanol–water partition coefficient (Wildman–Crippen LogP) is 3.46. The molecule has 152 valence electrons. The number of carbonyl (C=O) groups is 4. The third kappa shape index (κ3) is 3.39. The lowest BCUT2D eigenvalue weighted by Crippen LogP contribution is -2.32. The van der Waals surface area contributed by atoms with Gasteiger partial charge < -0.3 is 9.15 Å². The van der Waals surface area contributed by atoms with Gasteiger partial charge >= 0.3 is 5.97 Å². The molecule has 7 nitrogen and oxygen atoms in total. The molecular formula is C23H19NO6. The molecule has 1 aliphatic rings. The van der Waals surface area contributed by atoms with E-state index in [1.807, 2.05) is 19.1 Å². The molecule has 3 aromatic rings. The highest BCUT2D eigenvalue weighted by Crippen LogP contribution is 2.26. The minimum Gasteiger partial charge on any atom is -0.457 e. The highest BCUT2D eigenvalue weighted by atomic mass is 16.5. The maximum absolute atomic E-state index is 12.4. The maximum atomic E-state index is 12.4. The van der Waals surface area contributed by atoms with Crippen molar-refractivity contribution in [2.75, 3.05) is 13.2 Å². The quantitative estimate of drug-likeness (QED) is 0.354. The highest BCUT2D eigenvalue weighted by molar-refractivity contribution is 6.21. The van der Waals surface area contributed by atoms with Gasteiger partial charge in [0.1, 0.15) is 5.58 Å². The van der Waals surface area contributed by atoms with Crippen molar-refractivity contribution in [2.24, 2.45) is 0 Å². The molecular weight excluding hydrogens is 386 g/mol. The van der Waals surface area contributed by atoms with Gasteiger partial charge in [0.2, 0.25) is 5.78 Å². The van der Waals surface area contributed by atoms with Crippen molar-refractivity contribution < 1.29 is 28.3 Å². The van der Waals surface area contributed by atoms with Crippen LogP contribution in [0.1, 0.15) is 48.8 Å². The number of rotatable bonds is 6. The average Bonchev–Trinajstić information content (AvgIpc) is 3.19. The van der Waals surface area contributed by atoms with Crippen molar-refractivity contribution in [3.63, 3.8) is 0 Å². The van der Waals surface area contributed by atoms with Crippen molar-refractivity contribution >= 4 is 34.5 Å². The van der Waals surface area contributed by atoms with E-state index in [-0.39, 0.29) is 18.7 Å². The lowest BCUT2D eigenvalue weighted by molar-refractivity contribution is -0.142. The summed E-state index contributed by atoms with van der Waals surface area (Å²) in [7, 11) is 0. The number of fused-ring (bicyclic) bond motifs is 2. The van der Waals surface area contributed by atoms with E-state index in [2.05, 4.69) is 0 Å². The normalized spacial score (nSPS) is 13.1. The molecule has 0 radical (unpaired) electrons. The molecule has 1 aliphatic heterocycles. The number of nitrogens with zero attached hydrogens (tertiary/aromatic N) is 1. The number of hydrogen-bond acceptors (Lipinski definition) is 6. The second kappa shape index (κ2) is 7.59. The summed E-state index contributed by atoms with van der Waals surface area (Å²) in [6.45, 7) is 3.02. The zero-order valence-corrected chi connectivity index (χ0v) is 16.6. The number of para-hydroxylation sites is 1. The van der Waals surface area contributed by atoms with Crippen LogP contribution in [0.2, 0.25) is 0 Å². The molecule has 30 heavy (non-hydrogen) atoms. The molecule has 0 saturated carbocycles. The summed E-state index contributed by atoms with van der Waals surface area (Å²) in [6.07, 6.45) is -0.198. The summed E-state index contributed by atoms with van der Waals surface area (Å²) in [5.41, 5.74) is 2.81. The van der Waals surface area contributed by atoms with Crippen molar-refractivity contribution in [1.29, 1.82) is 0 Å².